The molecule has 0 radical (unpaired) electrons. The summed E-state index contributed by atoms with van der Waals surface area (Å²) in [5.41, 5.74) is 1.86. The average Bonchev–Trinajstić information content (AvgIpc) is 3.31. The Bertz CT molecular complexity index is 1340. The number of anilines is 1. The minimum absolute atomic E-state index is 0.0378. The number of amides is 1. The summed E-state index contributed by atoms with van der Waals surface area (Å²) in [6.07, 6.45) is 0.775. The van der Waals surface area contributed by atoms with Crippen LogP contribution in [0, 0.1) is 10.1 Å². The fourth-order valence-corrected chi connectivity index (χ4v) is 5.44. The van der Waals surface area contributed by atoms with Crippen molar-refractivity contribution in [2.24, 2.45) is 0 Å². The number of non-ortho nitro benzene ring substituents is 1. The highest BCUT2D eigenvalue weighted by atomic mass is 32.1. The Morgan fingerprint density at radius 2 is 1.89 bits per heavy atom. The van der Waals surface area contributed by atoms with Gasteiger partial charge >= 0.3 is 11.7 Å². The molecule has 1 atom stereocenters. The van der Waals surface area contributed by atoms with Crippen molar-refractivity contribution in [2.75, 3.05) is 50.9 Å². The Morgan fingerprint density at radius 1 is 1.14 bits per heavy atom. The van der Waals surface area contributed by atoms with Crippen LogP contribution in [0.3, 0.4) is 0 Å². The van der Waals surface area contributed by atoms with Gasteiger partial charge in [0.2, 0.25) is 0 Å². The van der Waals surface area contributed by atoms with Gasteiger partial charge in [0, 0.05) is 60.1 Å². The van der Waals surface area contributed by atoms with Crippen LogP contribution in [0.4, 0.5) is 11.4 Å². The number of nitro benzene ring substituents is 1. The molecule has 2 heterocycles. The summed E-state index contributed by atoms with van der Waals surface area (Å²) < 4.78 is 22.6. The number of benzene rings is 3. The molecule has 0 spiro atoms. The van der Waals surface area contributed by atoms with Crippen LogP contribution in [0.25, 0.3) is 10.8 Å². The Kier molecular flexibility index (Phi) is 7.40. The lowest BCUT2D eigenvalue weighted by atomic mass is 9.92. The van der Waals surface area contributed by atoms with Gasteiger partial charge in [-0.15, -0.1) is 0 Å². The molecule has 37 heavy (non-hydrogen) atoms. The number of hydrogen-bond donors (Lipinski definition) is 0. The molecule has 3 aromatic carbocycles. The van der Waals surface area contributed by atoms with E-state index in [0.29, 0.717) is 57.5 Å². The number of carbonyl (C=O) groups is 1. The first-order chi connectivity index (χ1) is 18.0. The predicted octanol–water partition coefficient (Wildman–Crippen LogP) is 4.40. The molecule has 0 N–H and O–H groups in total. The van der Waals surface area contributed by atoms with Gasteiger partial charge in [-0.1, -0.05) is 6.92 Å². The number of morpholine rings is 1. The Morgan fingerprint density at radius 3 is 2.57 bits per heavy atom. The van der Waals surface area contributed by atoms with Crippen molar-refractivity contribution in [1.82, 2.24) is 4.90 Å². The molecular weight excluding hydrogens is 494 g/mol. The van der Waals surface area contributed by atoms with E-state index in [9.17, 15) is 19.1 Å². The van der Waals surface area contributed by atoms with E-state index in [-0.39, 0.29) is 17.5 Å². The number of nitrogens with zero attached hydrogens (tertiary/aromatic N) is 3. The van der Waals surface area contributed by atoms with Crippen LogP contribution < -0.4 is 9.64 Å². The second-order valence-electron chi connectivity index (χ2n) is 9.22. The first-order valence-electron chi connectivity index (χ1n) is 12.4. The molecule has 0 bridgehead atoms. The van der Waals surface area contributed by atoms with Crippen molar-refractivity contribution in [3.05, 3.63) is 69.8 Å². The largest absolute Gasteiger partial charge is 0.505 e. The number of fused-ring (bicyclic) bond motifs is 3. The van der Waals surface area contributed by atoms with Crippen LogP contribution in [0.15, 0.2) is 53.4 Å². The maximum Gasteiger partial charge on any atom is 0.505 e. The molecule has 9 nitrogen and oxygen atoms in total. The highest BCUT2D eigenvalue weighted by molar-refractivity contribution is 7.65. The third kappa shape index (κ3) is 5.04. The smallest absolute Gasteiger partial charge is 0.492 e. The zero-order valence-electron chi connectivity index (χ0n) is 20.6. The fraction of sp³-hybridized carbons (Fsp3) is 0.370. The molecule has 2 aliphatic rings. The second-order valence-corrected chi connectivity index (χ2v) is 9.86. The minimum Gasteiger partial charge on any atom is -0.492 e. The van der Waals surface area contributed by atoms with Crippen LogP contribution in [0.2, 0.25) is 0 Å². The molecule has 2 aliphatic heterocycles. The molecule has 0 saturated carbocycles. The normalized spacial score (nSPS) is 17.5. The number of carbonyl (C=O) groups excluding carboxylic acids is 1. The van der Waals surface area contributed by atoms with Crippen LogP contribution in [-0.2, 0) is 20.6 Å². The first-order valence-corrected chi connectivity index (χ1v) is 13.1. The van der Waals surface area contributed by atoms with E-state index >= 15 is 0 Å². The van der Waals surface area contributed by atoms with Crippen molar-refractivity contribution in [1.29, 1.82) is 0 Å². The standard InChI is InChI=1S/C27H28N3O6S/c1-2-18-17-29(25-16-24(30(32)33)23-15-21(37-34)7-8-22(23)26(18)25)27(31)19-3-5-20(6-4-19)36-14-11-28-9-12-35-13-10-28/h3-8,15-16,18H,2,9-14,17H2,1H3/q+1. The van der Waals surface area contributed by atoms with Crippen molar-refractivity contribution in [2.45, 2.75) is 24.2 Å². The number of nitro groups is 1. The van der Waals surface area contributed by atoms with Crippen molar-refractivity contribution in [3.63, 3.8) is 0 Å². The highest BCUT2D eigenvalue weighted by Crippen LogP contribution is 2.46. The van der Waals surface area contributed by atoms with Gasteiger partial charge in [0.1, 0.15) is 12.4 Å². The summed E-state index contributed by atoms with van der Waals surface area (Å²) in [6.45, 7) is 7.14. The monoisotopic (exact) mass is 522 g/mol. The molecular formula is C27H28N3O6S+. The summed E-state index contributed by atoms with van der Waals surface area (Å²) in [5, 5.41) is 13.1. The maximum absolute atomic E-state index is 13.6. The molecule has 10 heteroatoms. The molecule has 1 unspecified atom stereocenters. The summed E-state index contributed by atoms with van der Waals surface area (Å²) in [7, 11) is 0. The molecule has 0 aromatic heterocycles. The van der Waals surface area contributed by atoms with E-state index in [1.165, 1.54) is 6.07 Å². The quantitative estimate of drug-likeness (QED) is 0.245. The van der Waals surface area contributed by atoms with Gasteiger partial charge in [0.05, 0.1) is 29.2 Å². The molecule has 0 aliphatic carbocycles. The zero-order valence-corrected chi connectivity index (χ0v) is 21.4. The second kappa shape index (κ2) is 10.9. The number of hydrogen-bond acceptors (Lipinski definition) is 7. The van der Waals surface area contributed by atoms with Gasteiger partial charge in [0.15, 0.2) is 0 Å². The van der Waals surface area contributed by atoms with Crippen LogP contribution >= 0.6 is 0 Å². The van der Waals surface area contributed by atoms with E-state index in [1.807, 2.05) is 6.92 Å². The average molecular weight is 523 g/mol. The van der Waals surface area contributed by atoms with E-state index in [4.69, 9.17) is 9.47 Å². The summed E-state index contributed by atoms with van der Waals surface area (Å²) in [4.78, 5) is 29.4. The van der Waals surface area contributed by atoms with Crippen LogP contribution in [0.1, 0.15) is 35.2 Å². The van der Waals surface area contributed by atoms with E-state index < -0.39 is 4.92 Å². The van der Waals surface area contributed by atoms with Gasteiger partial charge in [-0.3, -0.25) is 19.8 Å². The number of rotatable bonds is 8. The Hall–Kier alpha value is -3.47. The van der Waals surface area contributed by atoms with Crippen LogP contribution in [-0.4, -0.2) is 61.7 Å². The zero-order chi connectivity index (χ0) is 25.9. The molecule has 3 aromatic rings. The van der Waals surface area contributed by atoms with Gasteiger partial charge in [-0.25, -0.2) is 0 Å². The van der Waals surface area contributed by atoms with E-state index in [2.05, 4.69) is 4.90 Å². The molecule has 1 fully saturated rings. The summed E-state index contributed by atoms with van der Waals surface area (Å²) >= 11 is 0.305. The lowest BCUT2D eigenvalue weighted by molar-refractivity contribution is -0.383. The Labute approximate surface area is 218 Å². The van der Waals surface area contributed by atoms with Crippen LogP contribution in [0.5, 0.6) is 5.75 Å². The molecule has 192 valence electrons. The SMILES string of the molecule is CCC1CN(C(=O)c2ccc(OCCN3CCOCC3)cc2)c2cc([N+](=O)[O-])c3cc([S+]=O)ccc3c21. The third-order valence-electron chi connectivity index (χ3n) is 7.12. The minimum atomic E-state index is -0.452. The van der Waals surface area contributed by atoms with Gasteiger partial charge in [-0.2, -0.15) is 0 Å². The summed E-state index contributed by atoms with van der Waals surface area (Å²) in [6, 6.07) is 13.5. The maximum atomic E-state index is 13.6. The third-order valence-corrected chi connectivity index (χ3v) is 7.57. The number of ether oxygens (including phenoxy) is 2. The lowest BCUT2D eigenvalue weighted by Crippen LogP contribution is -2.38. The van der Waals surface area contributed by atoms with E-state index in [1.54, 1.807) is 47.4 Å². The van der Waals surface area contributed by atoms with Crippen molar-refractivity contribution >= 4 is 39.7 Å². The summed E-state index contributed by atoms with van der Waals surface area (Å²) in [5.74, 6) is 0.514. The first kappa shape index (κ1) is 25.2. The molecule has 5 rings (SSSR count). The lowest BCUT2D eigenvalue weighted by Gasteiger charge is -2.26. The fourth-order valence-electron chi connectivity index (χ4n) is 5.15. The van der Waals surface area contributed by atoms with Gasteiger partial charge in [-0.05, 0) is 47.7 Å². The van der Waals surface area contributed by atoms with Crippen molar-refractivity contribution < 1.29 is 23.4 Å². The van der Waals surface area contributed by atoms with Gasteiger partial charge in [0.25, 0.3) is 16.5 Å². The molecule has 1 amide bonds. The highest BCUT2D eigenvalue weighted by Gasteiger charge is 2.36. The molecule has 1 saturated heterocycles. The van der Waals surface area contributed by atoms with E-state index in [0.717, 1.165) is 44.8 Å². The topological polar surface area (TPSA) is 102 Å². The van der Waals surface area contributed by atoms with Gasteiger partial charge < -0.3 is 14.4 Å². The predicted molar refractivity (Wildman–Crippen MR) is 141 cm³/mol. The van der Waals surface area contributed by atoms with Crippen molar-refractivity contribution in [3.8, 4) is 5.75 Å². The Balaban J connectivity index is 1.39.